The normalized spacial score (nSPS) is 10.6. The lowest BCUT2D eigenvalue weighted by Crippen LogP contribution is -2.23. The van der Waals surface area contributed by atoms with Crippen LogP contribution in [0.2, 0.25) is 0 Å². The van der Waals surface area contributed by atoms with Gasteiger partial charge >= 0.3 is 6.61 Å². The molecule has 0 unspecified atom stereocenters. The lowest BCUT2D eigenvalue weighted by molar-refractivity contribution is -0.121. The Morgan fingerprint density at radius 3 is 2.59 bits per heavy atom. The number of rotatable bonds is 10. The maximum atomic E-state index is 12.4. The highest BCUT2D eigenvalue weighted by molar-refractivity contribution is 5.75. The van der Waals surface area contributed by atoms with Crippen LogP contribution in [0.1, 0.15) is 24.0 Å². The highest BCUT2D eigenvalue weighted by Gasteiger charge is 2.11. The van der Waals surface area contributed by atoms with Crippen molar-refractivity contribution in [2.24, 2.45) is 0 Å². The van der Waals surface area contributed by atoms with Gasteiger partial charge in [0, 0.05) is 13.0 Å². The van der Waals surface area contributed by atoms with Crippen LogP contribution >= 0.6 is 0 Å². The number of hydrogen-bond acceptors (Lipinski definition) is 4. The van der Waals surface area contributed by atoms with Gasteiger partial charge in [0.05, 0.1) is 13.7 Å². The van der Waals surface area contributed by atoms with E-state index >= 15 is 0 Å². The molecule has 0 atom stereocenters. The maximum absolute atomic E-state index is 12.4. The minimum atomic E-state index is -2.95. The molecule has 5 nitrogen and oxygen atoms in total. The summed E-state index contributed by atoms with van der Waals surface area (Å²) in [6.07, 6.45) is 0.880. The Morgan fingerprint density at radius 2 is 1.89 bits per heavy atom. The first-order valence-electron chi connectivity index (χ1n) is 8.56. The second-order valence-corrected chi connectivity index (χ2v) is 5.86. The Balaban J connectivity index is 1.75. The summed E-state index contributed by atoms with van der Waals surface area (Å²) < 4.78 is 39.9. The number of para-hydroxylation sites is 1. The number of aryl methyl sites for hydroxylation is 1. The molecular formula is C20H23F2NO4. The zero-order valence-electron chi connectivity index (χ0n) is 15.3. The molecule has 0 saturated heterocycles. The van der Waals surface area contributed by atoms with Gasteiger partial charge in [-0.3, -0.25) is 4.79 Å². The van der Waals surface area contributed by atoms with Crippen LogP contribution in [-0.4, -0.2) is 26.2 Å². The fourth-order valence-electron chi connectivity index (χ4n) is 2.44. The van der Waals surface area contributed by atoms with E-state index in [2.05, 4.69) is 10.1 Å². The van der Waals surface area contributed by atoms with Crippen molar-refractivity contribution in [3.8, 4) is 17.2 Å². The second kappa shape index (κ2) is 10.4. The van der Waals surface area contributed by atoms with E-state index in [1.807, 2.05) is 31.2 Å². The monoisotopic (exact) mass is 379 g/mol. The zero-order chi connectivity index (χ0) is 19.6. The van der Waals surface area contributed by atoms with Gasteiger partial charge in [0.2, 0.25) is 5.91 Å². The quantitative estimate of drug-likeness (QED) is 0.632. The second-order valence-electron chi connectivity index (χ2n) is 5.86. The van der Waals surface area contributed by atoms with E-state index in [9.17, 15) is 13.6 Å². The van der Waals surface area contributed by atoms with E-state index in [-0.39, 0.29) is 24.0 Å². The SMILES string of the molecule is COc1ccc(CNC(=O)CCCOc2ccccc2C)cc1OC(F)F. The van der Waals surface area contributed by atoms with E-state index in [4.69, 9.17) is 9.47 Å². The highest BCUT2D eigenvalue weighted by atomic mass is 19.3. The fraction of sp³-hybridized carbons (Fsp3) is 0.350. The van der Waals surface area contributed by atoms with E-state index in [0.717, 1.165) is 11.3 Å². The van der Waals surface area contributed by atoms with Gasteiger partial charge < -0.3 is 19.5 Å². The lowest BCUT2D eigenvalue weighted by Gasteiger charge is -2.12. The third-order valence-corrected chi connectivity index (χ3v) is 3.83. The molecule has 0 saturated carbocycles. The third-order valence-electron chi connectivity index (χ3n) is 3.83. The first-order valence-corrected chi connectivity index (χ1v) is 8.56. The average molecular weight is 379 g/mol. The van der Waals surface area contributed by atoms with Crippen molar-refractivity contribution in [1.29, 1.82) is 0 Å². The number of amides is 1. The van der Waals surface area contributed by atoms with Crippen molar-refractivity contribution in [2.75, 3.05) is 13.7 Å². The van der Waals surface area contributed by atoms with Crippen LogP contribution in [0.3, 0.4) is 0 Å². The van der Waals surface area contributed by atoms with Crippen molar-refractivity contribution in [3.05, 3.63) is 53.6 Å². The molecular weight excluding hydrogens is 356 g/mol. The van der Waals surface area contributed by atoms with Crippen molar-refractivity contribution in [1.82, 2.24) is 5.32 Å². The summed E-state index contributed by atoms with van der Waals surface area (Å²) in [4.78, 5) is 11.9. The average Bonchev–Trinajstić information content (AvgIpc) is 2.64. The van der Waals surface area contributed by atoms with Crippen LogP contribution in [0.5, 0.6) is 17.2 Å². The molecule has 0 radical (unpaired) electrons. The molecule has 0 aliphatic rings. The fourth-order valence-corrected chi connectivity index (χ4v) is 2.44. The summed E-state index contributed by atoms with van der Waals surface area (Å²) in [6, 6.07) is 12.3. The number of carbonyl (C=O) groups is 1. The molecule has 7 heteroatoms. The van der Waals surface area contributed by atoms with E-state index in [0.29, 0.717) is 25.0 Å². The Labute approximate surface area is 157 Å². The zero-order valence-corrected chi connectivity index (χ0v) is 15.3. The summed E-state index contributed by atoms with van der Waals surface area (Å²) in [5.74, 6) is 0.808. The summed E-state index contributed by atoms with van der Waals surface area (Å²) in [6.45, 7) is -0.339. The first-order chi connectivity index (χ1) is 13.0. The Bertz CT molecular complexity index is 753. The Morgan fingerprint density at radius 1 is 1.11 bits per heavy atom. The van der Waals surface area contributed by atoms with Crippen molar-refractivity contribution < 1.29 is 27.8 Å². The van der Waals surface area contributed by atoms with Gasteiger partial charge in [-0.2, -0.15) is 8.78 Å². The summed E-state index contributed by atoms with van der Waals surface area (Å²) in [7, 11) is 1.37. The van der Waals surface area contributed by atoms with Crippen LogP contribution < -0.4 is 19.5 Å². The molecule has 0 heterocycles. The van der Waals surface area contributed by atoms with Crippen LogP contribution in [-0.2, 0) is 11.3 Å². The number of nitrogens with one attached hydrogen (secondary N) is 1. The van der Waals surface area contributed by atoms with Crippen LogP contribution in [0.25, 0.3) is 0 Å². The number of alkyl halides is 2. The maximum Gasteiger partial charge on any atom is 0.387 e. The van der Waals surface area contributed by atoms with Crippen molar-refractivity contribution in [3.63, 3.8) is 0 Å². The first kappa shape index (κ1) is 20.5. The van der Waals surface area contributed by atoms with Gasteiger partial charge in [-0.15, -0.1) is 0 Å². The van der Waals surface area contributed by atoms with Gasteiger partial charge in [-0.25, -0.2) is 0 Å². The molecule has 1 N–H and O–H groups in total. The van der Waals surface area contributed by atoms with Crippen LogP contribution in [0, 0.1) is 6.92 Å². The summed E-state index contributed by atoms with van der Waals surface area (Å²) >= 11 is 0. The number of ether oxygens (including phenoxy) is 3. The predicted octanol–water partition coefficient (Wildman–Crippen LogP) is 4.08. The smallest absolute Gasteiger partial charge is 0.387 e. The summed E-state index contributed by atoms with van der Waals surface area (Å²) in [5, 5.41) is 2.75. The van der Waals surface area contributed by atoms with Crippen molar-refractivity contribution in [2.45, 2.75) is 32.9 Å². The van der Waals surface area contributed by atoms with Gasteiger partial charge in [0.25, 0.3) is 0 Å². The van der Waals surface area contributed by atoms with E-state index in [1.54, 1.807) is 6.07 Å². The molecule has 0 spiro atoms. The molecule has 0 aliphatic heterocycles. The number of benzene rings is 2. The van der Waals surface area contributed by atoms with Gasteiger partial charge in [0.15, 0.2) is 11.5 Å². The summed E-state index contributed by atoms with van der Waals surface area (Å²) in [5.41, 5.74) is 1.68. The molecule has 0 bridgehead atoms. The van der Waals surface area contributed by atoms with Gasteiger partial charge in [0.1, 0.15) is 5.75 Å². The molecule has 0 fully saturated rings. The predicted molar refractivity (Wildman–Crippen MR) is 97.4 cm³/mol. The minimum Gasteiger partial charge on any atom is -0.493 e. The number of carbonyl (C=O) groups excluding carboxylic acids is 1. The van der Waals surface area contributed by atoms with Gasteiger partial charge in [-0.1, -0.05) is 24.3 Å². The highest BCUT2D eigenvalue weighted by Crippen LogP contribution is 2.29. The molecule has 0 aliphatic carbocycles. The molecule has 2 aromatic rings. The van der Waals surface area contributed by atoms with Crippen molar-refractivity contribution >= 4 is 5.91 Å². The minimum absolute atomic E-state index is 0.0640. The molecule has 146 valence electrons. The van der Waals surface area contributed by atoms with E-state index in [1.165, 1.54) is 19.2 Å². The molecule has 27 heavy (non-hydrogen) atoms. The Hall–Kier alpha value is -2.83. The lowest BCUT2D eigenvalue weighted by atomic mass is 10.2. The largest absolute Gasteiger partial charge is 0.493 e. The van der Waals surface area contributed by atoms with Crippen LogP contribution in [0.15, 0.2) is 42.5 Å². The Kier molecular flexibility index (Phi) is 7.85. The molecule has 1 amide bonds. The van der Waals surface area contributed by atoms with Crippen LogP contribution in [0.4, 0.5) is 8.78 Å². The number of hydrogen-bond donors (Lipinski definition) is 1. The van der Waals surface area contributed by atoms with E-state index < -0.39 is 6.61 Å². The van der Waals surface area contributed by atoms with Gasteiger partial charge in [-0.05, 0) is 42.7 Å². The topological polar surface area (TPSA) is 56.8 Å². The number of methoxy groups -OCH3 is 1. The number of halogens is 2. The third kappa shape index (κ3) is 6.77. The molecule has 0 aromatic heterocycles. The molecule has 2 aromatic carbocycles. The standard InChI is InChI=1S/C20H23F2NO4/c1-14-6-3-4-7-16(14)26-11-5-8-19(24)23-13-15-9-10-17(25-2)18(12-15)27-20(21)22/h3-4,6-7,9-10,12,20H,5,8,11,13H2,1-2H3,(H,23,24). The molecule has 2 rings (SSSR count).